The van der Waals surface area contributed by atoms with Gasteiger partial charge in [0.1, 0.15) is 23.7 Å². The Morgan fingerprint density at radius 3 is 1.74 bits per heavy atom. The first kappa shape index (κ1) is 49.7. The quantitative estimate of drug-likeness (QED) is 0.151. The number of alkyl carbamates (subject to hydrolysis) is 2. The van der Waals surface area contributed by atoms with Gasteiger partial charge in [0.25, 0.3) is 0 Å². The van der Waals surface area contributed by atoms with E-state index >= 15 is 0 Å². The van der Waals surface area contributed by atoms with E-state index in [4.69, 9.17) is 14.5 Å². The van der Waals surface area contributed by atoms with Gasteiger partial charge < -0.3 is 39.9 Å². The third-order valence-electron chi connectivity index (χ3n) is 10.1. The van der Waals surface area contributed by atoms with Crippen LogP contribution in [-0.2, 0) is 19.1 Å². The summed E-state index contributed by atoms with van der Waals surface area (Å²) in [4.78, 5) is 70.8. The Labute approximate surface area is 367 Å². The number of amides is 4. The first-order chi connectivity index (χ1) is 26.0. The molecule has 2 aliphatic rings. The minimum absolute atomic E-state index is 0. The molecular weight excluding hydrogens is 817 g/mol. The predicted molar refractivity (Wildman–Crippen MR) is 243 cm³/mol. The Bertz CT molecular complexity index is 2080. The molecule has 316 valence electrons. The van der Waals surface area contributed by atoms with Crippen LogP contribution < -0.4 is 10.6 Å². The fourth-order valence-electron chi connectivity index (χ4n) is 7.18. The van der Waals surface area contributed by atoms with Crippen molar-refractivity contribution in [1.82, 2.24) is 40.4 Å². The van der Waals surface area contributed by atoms with Crippen molar-refractivity contribution in [3.8, 4) is 23.1 Å². The van der Waals surface area contributed by atoms with E-state index in [2.05, 4.69) is 37.4 Å². The zero-order chi connectivity index (χ0) is 38.5. The number of carbonyl (C=O) groups is 4. The second kappa shape index (κ2) is 22.1. The van der Waals surface area contributed by atoms with E-state index in [9.17, 15) is 19.2 Å². The smallest absolute Gasteiger partial charge is 0.407 e. The van der Waals surface area contributed by atoms with Crippen LogP contribution in [0.25, 0.3) is 22.3 Å². The maximum Gasteiger partial charge on any atom is 0.407 e. The van der Waals surface area contributed by atoms with Crippen LogP contribution in [0.4, 0.5) is 9.59 Å². The summed E-state index contributed by atoms with van der Waals surface area (Å²) >= 11 is 0. The molecule has 4 amide bonds. The van der Waals surface area contributed by atoms with Crippen LogP contribution >= 0.6 is 54.0 Å². The minimum atomic E-state index is -0.697. The number of hydrogen-bond donors (Lipinski definition) is 4. The number of imidazole rings is 2. The lowest BCUT2D eigenvalue weighted by molar-refractivity contribution is -0.136. The predicted octanol–water partition coefficient (Wildman–Crippen LogP) is 5.89. The number of fused-ring (bicyclic) bond motifs is 1. The summed E-state index contributed by atoms with van der Waals surface area (Å²) in [6.45, 7) is 8.75. The van der Waals surface area contributed by atoms with Gasteiger partial charge in [0.15, 0.2) is 0 Å². The van der Waals surface area contributed by atoms with E-state index < -0.39 is 24.3 Å². The van der Waals surface area contributed by atoms with Gasteiger partial charge in [0.05, 0.1) is 49.2 Å². The van der Waals surface area contributed by atoms with E-state index in [1.54, 1.807) is 16.0 Å². The van der Waals surface area contributed by atoms with Gasteiger partial charge in [-0.1, -0.05) is 51.7 Å². The number of nitrogens with one attached hydrogen (secondary N) is 4. The Morgan fingerprint density at radius 2 is 1.22 bits per heavy atom. The number of aromatic nitrogens is 4. The average molecular weight is 873 g/mol. The van der Waals surface area contributed by atoms with Crippen molar-refractivity contribution >= 4 is 89.0 Å². The number of benzene rings is 2. The molecule has 14 nitrogen and oxygen atoms in total. The van der Waals surface area contributed by atoms with Crippen molar-refractivity contribution < 1.29 is 28.7 Å². The zero-order valence-electron chi connectivity index (χ0n) is 33.6. The highest BCUT2D eigenvalue weighted by molar-refractivity contribution is 7.59. The van der Waals surface area contributed by atoms with Crippen LogP contribution in [0, 0.1) is 23.7 Å². The number of aromatic amines is 2. The number of hydrogen-bond acceptors (Lipinski definition) is 8. The van der Waals surface area contributed by atoms with Crippen LogP contribution in [0.3, 0.4) is 0 Å². The molecule has 0 saturated carbocycles. The maximum atomic E-state index is 13.5. The topological polar surface area (TPSA) is 175 Å². The molecule has 0 aliphatic carbocycles. The molecule has 4 heterocycles. The van der Waals surface area contributed by atoms with Crippen LogP contribution in [0.2, 0.25) is 0 Å². The first-order valence-electron chi connectivity index (χ1n) is 18.4. The number of rotatable bonds is 9. The summed E-state index contributed by atoms with van der Waals surface area (Å²) in [6.07, 6.45) is 3.74. The molecule has 2 fully saturated rings. The highest BCUT2D eigenvalue weighted by Crippen LogP contribution is 2.34. The lowest BCUT2D eigenvalue weighted by atomic mass is 10.0. The largest absolute Gasteiger partial charge is 0.453 e. The fourth-order valence-corrected chi connectivity index (χ4v) is 7.18. The van der Waals surface area contributed by atoms with Crippen molar-refractivity contribution in [2.75, 3.05) is 27.3 Å². The summed E-state index contributed by atoms with van der Waals surface area (Å²) < 4.78 is 9.49. The third kappa shape index (κ3) is 11.2. The fraction of sp³-hybridized carbons (Fsp3) is 0.450. The van der Waals surface area contributed by atoms with Crippen LogP contribution in [0.1, 0.15) is 88.2 Å². The van der Waals surface area contributed by atoms with Crippen LogP contribution in [0.15, 0.2) is 48.7 Å². The lowest BCUT2D eigenvalue weighted by Crippen LogP contribution is -2.51. The SMILES string of the molecule is COC(=O)N[C@H](C(=O)N1CCC[C@H]1c1ncc(-c2ccc(C#Cc3ccc4nc([C@@H]5CCCN5C(=O)[C@@H](NC(=O)OC)C(C)C)[nH]c4c3)cc2)[nH]1)C(C)C.S.S.S.S. The number of H-pyrrole nitrogens is 2. The molecule has 4 aromatic rings. The minimum Gasteiger partial charge on any atom is -0.453 e. The normalized spacial score (nSPS) is 16.8. The van der Waals surface area contributed by atoms with Crippen LogP contribution in [-0.4, -0.2) is 93.1 Å². The van der Waals surface area contributed by atoms with Gasteiger partial charge in [-0.3, -0.25) is 9.59 Å². The second-order valence-electron chi connectivity index (χ2n) is 14.5. The number of nitrogens with zero attached hydrogens (tertiary/aromatic N) is 4. The van der Waals surface area contributed by atoms with Gasteiger partial charge in [0.2, 0.25) is 11.8 Å². The van der Waals surface area contributed by atoms with E-state index in [1.807, 2.05) is 70.2 Å². The number of carbonyl (C=O) groups excluding carboxylic acids is 4. The van der Waals surface area contributed by atoms with Gasteiger partial charge in [-0.2, -0.15) is 54.0 Å². The molecule has 0 radical (unpaired) electrons. The molecule has 0 unspecified atom stereocenters. The molecule has 2 aliphatic heterocycles. The first-order valence-corrected chi connectivity index (χ1v) is 18.4. The Balaban J connectivity index is 0.00000290. The van der Waals surface area contributed by atoms with Crippen molar-refractivity contribution in [3.05, 3.63) is 71.4 Å². The van der Waals surface area contributed by atoms with E-state index in [1.165, 1.54) is 14.2 Å². The molecular formula is C40H56N8O6S4. The summed E-state index contributed by atoms with van der Waals surface area (Å²) in [6, 6.07) is 11.9. The Hall–Kier alpha value is -4.44. The maximum absolute atomic E-state index is 13.5. The van der Waals surface area contributed by atoms with E-state index in [0.717, 1.165) is 59.1 Å². The van der Waals surface area contributed by atoms with Gasteiger partial charge in [0, 0.05) is 24.2 Å². The average Bonchev–Trinajstić information content (AvgIpc) is 4.00. The molecule has 2 aromatic carbocycles. The molecule has 0 bridgehead atoms. The van der Waals surface area contributed by atoms with Crippen molar-refractivity contribution in [2.24, 2.45) is 11.8 Å². The van der Waals surface area contributed by atoms with Crippen molar-refractivity contribution in [2.45, 2.75) is 77.5 Å². The number of likely N-dealkylation sites (tertiary alicyclic amines) is 2. The Morgan fingerprint density at radius 1 is 0.724 bits per heavy atom. The summed E-state index contributed by atoms with van der Waals surface area (Å²) in [7, 11) is 2.57. The highest BCUT2D eigenvalue weighted by Gasteiger charge is 2.39. The van der Waals surface area contributed by atoms with Crippen molar-refractivity contribution in [1.29, 1.82) is 0 Å². The zero-order valence-corrected chi connectivity index (χ0v) is 37.6. The summed E-state index contributed by atoms with van der Waals surface area (Å²) in [5.41, 5.74) is 5.05. The molecule has 2 saturated heterocycles. The Kier molecular flexibility index (Phi) is 18.9. The standard InChI is InChI=1S/C40H48N8O6.4H2S/c1-23(2)33(45-39(51)53-5)37(49)47-19-7-9-31(47)35-41-22-30(44-35)27-16-13-25(14-17-27)11-12-26-15-18-28-29(21-26)43-36(42-28)32-10-8-20-48(32)38(50)34(24(3)4)46-40(52)54-6;;;;/h13-18,21-24,31-34H,7-10,19-20H2,1-6H3,(H,41,44)(H,42,43)(H,45,51)(H,46,52);4*1H2/t31-,32-,33-,34-;;;;/m0..../s1. The lowest BCUT2D eigenvalue weighted by Gasteiger charge is -2.30. The van der Waals surface area contributed by atoms with Gasteiger partial charge in [-0.25, -0.2) is 19.6 Å². The molecule has 4 atom stereocenters. The molecule has 18 heteroatoms. The summed E-state index contributed by atoms with van der Waals surface area (Å²) in [5.74, 6) is 7.40. The number of methoxy groups -OCH3 is 2. The third-order valence-corrected chi connectivity index (χ3v) is 10.1. The molecule has 4 N–H and O–H groups in total. The highest BCUT2D eigenvalue weighted by atomic mass is 32.1. The molecule has 6 rings (SSSR count). The molecule has 58 heavy (non-hydrogen) atoms. The van der Waals surface area contributed by atoms with E-state index in [-0.39, 0.29) is 89.7 Å². The summed E-state index contributed by atoms with van der Waals surface area (Å²) in [5, 5.41) is 5.37. The van der Waals surface area contributed by atoms with Crippen molar-refractivity contribution in [3.63, 3.8) is 0 Å². The van der Waals surface area contributed by atoms with Gasteiger partial charge >= 0.3 is 12.2 Å². The van der Waals surface area contributed by atoms with Gasteiger partial charge in [-0.05, 0) is 73.4 Å². The molecule has 2 aromatic heterocycles. The van der Waals surface area contributed by atoms with Gasteiger partial charge in [-0.15, -0.1) is 0 Å². The second-order valence-corrected chi connectivity index (χ2v) is 14.5. The molecule has 0 spiro atoms. The van der Waals surface area contributed by atoms with E-state index in [0.29, 0.717) is 24.7 Å². The monoisotopic (exact) mass is 872 g/mol. The van der Waals surface area contributed by atoms with Crippen LogP contribution in [0.5, 0.6) is 0 Å². The number of ether oxygens (including phenoxy) is 2.